The quantitative estimate of drug-likeness (QED) is 0.390. The van der Waals surface area contributed by atoms with Gasteiger partial charge >= 0.3 is 0 Å². The van der Waals surface area contributed by atoms with Crippen LogP contribution in [-0.4, -0.2) is 58.6 Å². The summed E-state index contributed by atoms with van der Waals surface area (Å²) < 4.78 is 7.06. The highest BCUT2D eigenvalue weighted by molar-refractivity contribution is 6.08. The molecule has 0 aliphatic carbocycles. The van der Waals surface area contributed by atoms with Gasteiger partial charge in [0.1, 0.15) is 17.8 Å². The first-order chi connectivity index (χ1) is 17.3. The predicted octanol–water partition coefficient (Wildman–Crippen LogP) is 3.95. The van der Waals surface area contributed by atoms with Crippen LogP contribution < -0.4 is 11.1 Å². The van der Waals surface area contributed by atoms with Gasteiger partial charge in [-0.2, -0.15) is 0 Å². The van der Waals surface area contributed by atoms with Crippen LogP contribution in [0.5, 0.6) is 0 Å². The average molecular weight is 487 g/mol. The molecule has 0 unspecified atom stereocenters. The molecular weight excluding hydrogens is 456 g/mol. The van der Waals surface area contributed by atoms with Gasteiger partial charge in [0.05, 0.1) is 17.7 Å². The number of aryl methyl sites for hydroxylation is 1. The van der Waals surface area contributed by atoms with Crippen LogP contribution in [0.25, 0.3) is 33.4 Å². The van der Waals surface area contributed by atoms with Gasteiger partial charge < -0.3 is 25.3 Å². The van der Waals surface area contributed by atoms with Gasteiger partial charge in [0.2, 0.25) is 5.91 Å². The van der Waals surface area contributed by atoms with E-state index in [0.29, 0.717) is 36.6 Å². The summed E-state index contributed by atoms with van der Waals surface area (Å²) >= 11 is 0. The molecule has 0 aliphatic heterocycles. The minimum Gasteiger partial charge on any atom is -0.383 e. The average Bonchev–Trinajstić information content (AvgIpc) is 3.20. The molecular formula is C27H30N6O3. The van der Waals surface area contributed by atoms with Crippen molar-refractivity contribution in [2.24, 2.45) is 7.05 Å². The third-order valence-electron chi connectivity index (χ3n) is 6.16. The van der Waals surface area contributed by atoms with Crippen LogP contribution in [0.3, 0.4) is 0 Å². The van der Waals surface area contributed by atoms with Crippen molar-refractivity contribution in [2.45, 2.75) is 13.3 Å². The molecule has 36 heavy (non-hydrogen) atoms. The molecule has 186 valence electrons. The van der Waals surface area contributed by atoms with E-state index in [1.54, 1.807) is 19.1 Å². The van der Waals surface area contributed by atoms with E-state index in [1.165, 1.54) is 6.33 Å². The number of rotatable bonds is 8. The molecule has 0 fully saturated rings. The number of carbonyl (C=O) groups is 2. The van der Waals surface area contributed by atoms with Crippen LogP contribution in [0.2, 0.25) is 0 Å². The first kappa shape index (κ1) is 24.9. The number of nitrogens with zero attached hydrogens (tertiary/aromatic N) is 4. The fraction of sp³-hybridized carbons (Fsp3) is 0.259. The number of amides is 2. The van der Waals surface area contributed by atoms with E-state index in [-0.39, 0.29) is 11.8 Å². The molecule has 0 aliphatic rings. The van der Waals surface area contributed by atoms with E-state index in [1.807, 2.05) is 67.1 Å². The zero-order valence-corrected chi connectivity index (χ0v) is 20.9. The van der Waals surface area contributed by atoms with Gasteiger partial charge in [0.15, 0.2) is 0 Å². The molecule has 0 radical (unpaired) electrons. The number of nitrogens with one attached hydrogen (secondary N) is 1. The summed E-state index contributed by atoms with van der Waals surface area (Å²) in [5, 5.41) is 3.62. The van der Waals surface area contributed by atoms with Crippen LogP contribution >= 0.6 is 0 Å². The molecule has 0 saturated carbocycles. The zero-order chi connectivity index (χ0) is 25.8. The number of anilines is 2. The Kier molecular flexibility index (Phi) is 7.30. The monoisotopic (exact) mass is 486 g/mol. The standard InChI is InChI=1S/C27H30N6O3/c1-5-21(34)31-20-12-10-18(11-13-20)24-22(23-25(28)29-16-30-26(23)33(24)3)17-6-8-19(9-7-17)27(35)32(2)14-15-36-4/h6-13,16H,5,14-15H2,1-4H3,(H,31,34)(H2,28,29,30). The lowest BCUT2D eigenvalue weighted by Crippen LogP contribution is -2.29. The zero-order valence-electron chi connectivity index (χ0n) is 20.9. The molecule has 2 heterocycles. The van der Waals surface area contributed by atoms with E-state index in [4.69, 9.17) is 10.5 Å². The topological polar surface area (TPSA) is 115 Å². The number of aromatic nitrogens is 3. The highest BCUT2D eigenvalue weighted by Crippen LogP contribution is 2.41. The molecule has 2 amide bonds. The largest absolute Gasteiger partial charge is 0.383 e. The number of hydrogen-bond donors (Lipinski definition) is 2. The first-order valence-electron chi connectivity index (χ1n) is 11.7. The Hall–Kier alpha value is -4.24. The normalized spacial score (nSPS) is 11.0. The summed E-state index contributed by atoms with van der Waals surface area (Å²) in [5.74, 6) is 0.256. The number of methoxy groups -OCH3 is 1. The minimum atomic E-state index is -0.0793. The van der Waals surface area contributed by atoms with Crippen molar-refractivity contribution < 1.29 is 14.3 Å². The molecule has 0 atom stereocenters. The van der Waals surface area contributed by atoms with E-state index < -0.39 is 0 Å². The first-order valence-corrected chi connectivity index (χ1v) is 11.7. The van der Waals surface area contributed by atoms with Crippen LogP contribution in [0.1, 0.15) is 23.7 Å². The van der Waals surface area contributed by atoms with Crippen LogP contribution in [-0.2, 0) is 16.6 Å². The summed E-state index contributed by atoms with van der Waals surface area (Å²) in [6, 6.07) is 15.1. The molecule has 4 rings (SSSR count). The van der Waals surface area contributed by atoms with Crippen molar-refractivity contribution in [1.82, 2.24) is 19.4 Å². The second-order valence-electron chi connectivity index (χ2n) is 8.52. The Balaban J connectivity index is 1.79. The number of likely N-dealkylation sites (N-methyl/N-ethyl adjacent to an activating group) is 1. The number of ether oxygens (including phenoxy) is 1. The number of hydrogen-bond acceptors (Lipinski definition) is 6. The summed E-state index contributed by atoms with van der Waals surface area (Å²) in [6.07, 6.45) is 1.86. The number of carbonyl (C=O) groups excluding carboxylic acids is 2. The lowest BCUT2D eigenvalue weighted by atomic mass is 9.97. The molecule has 2 aromatic heterocycles. The Morgan fingerprint density at radius 1 is 1.06 bits per heavy atom. The summed E-state index contributed by atoms with van der Waals surface area (Å²) in [4.78, 5) is 34.9. The lowest BCUT2D eigenvalue weighted by Gasteiger charge is -2.17. The van der Waals surface area contributed by atoms with Gasteiger partial charge in [-0.15, -0.1) is 0 Å². The summed E-state index contributed by atoms with van der Waals surface area (Å²) in [7, 11) is 5.30. The second kappa shape index (κ2) is 10.6. The third-order valence-corrected chi connectivity index (χ3v) is 6.16. The number of nitrogens with two attached hydrogens (primary N) is 1. The van der Waals surface area contributed by atoms with Gasteiger partial charge in [-0.05, 0) is 35.4 Å². The Bertz CT molecular complexity index is 1390. The van der Waals surface area contributed by atoms with E-state index in [0.717, 1.165) is 33.5 Å². The Morgan fingerprint density at radius 2 is 1.72 bits per heavy atom. The predicted molar refractivity (Wildman–Crippen MR) is 142 cm³/mol. The molecule has 4 aromatic rings. The van der Waals surface area contributed by atoms with Crippen molar-refractivity contribution in [2.75, 3.05) is 38.4 Å². The lowest BCUT2D eigenvalue weighted by molar-refractivity contribution is -0.115. The SMILES string of the molecule is CCC(=O)Nc1ccc(-c2c(-c3ccc(C(=O)N(C)CCOC)cc3)c3c(N)ncnc3n2C)cc1. The van der Waals surface area contributed by atoms with Crippen LogP contribution in [0, 0.1) is 0 Å². The maximum absolute atomic E-state index is 12.8. The maximum Gasteiger partial charge on any atom is 0.253 e. The van der Waals surface area contributed by atoms with Gasteiger partial charge in [0.25, 0.3) is 5.91 Å². The van der Waals surface area contributed by atoms with Crippen molar-refractivity contribution in [3.63, 3.8) is 0 Å². The smallest absolute Gasteiger partial charge is 0.253 e. The third kappa shape index (κ3) is 4.78. The fourth-order valence-electron chi connectivity index (χ4n) is 4.19. The van der Waals surface area contributed by atoms with E-state index >= 15 is 0 Å². The summed E-state index contributed by atoms with van der Waals surface area (Å²) in [6.45, 7) is 2.79. The molecule has 2 aromatic carbocycles. The number of fused-ring (bicyclic) bond motifs is 1. The van der Waals surface area contributed by atoms with Crippen LogP contribution in [0.4, 0.5) is 11.5 Å². The molecule has 9 heteroatoms. The highest BCUT2D eigenvalue weighted by atomic mass is 16.5. The van der Waals surface area contributed by atoms with Gasteiger partial charge in [-0.3, -0.25) is 9.59 Å². The van der Waals surface area contributed by atoms with Crippen molar-refractivity contribution in [3.05, 3.63) is 60.4 Å². The van der Waals surface area contributed by atoms with Crippen LogP contribution in [0.15, 0.2) is 54.9 Å². The fourth-order valence-corrected chi connectivity index (χ4v) is 4.19. The second-order valence-corrected chi connectivity index (χ2v) is 8.52. The van der Waals surface area contributed by atoms with Gasteiger partial charge in [0, 0.05) is 51.0 Å². The Morgan fingerprint density at radius 3 is 2.36 bits per heavy atom. The molecule has 3 N–H and O–H groups in total. The number of nitrogen functional groups attached to an aromatic ring is 1. The van der Waals surface area contributed by atoms with Gasteiger partial charge in [-0.25, -0.2) is 9.97 Å². The summed E-state index contributed by atoms with van der Waals surface area (Å²) in [5.41, 5.74) is 11.9. The van der Waals surface area contributed by atoms with Crippen molar-refractivity contribution in [1.29, 1.82) is 0 Å². The highest BCUT2D eigenvalue weighted by Gasteiger charge is 2.22. The molecule has 0 spiro atoms. The van der Waals surface area contributed by atoms with Crippen molar-refractivity contribution >= 4 is 34.4 Å². The van der Waals surface area contributed by atoms with E-state index in [9.17, 15) is 9.59 Å². The number of benzene rings is 2. The Labute approximate surface area is 209 Å². The molecule has 0 bridgehead atoms. The van der Waals surface area contributed by atoms with E-state index in [2.05, 4.69) is 15.3 Å². The van der Waals surface area contributed by atoms with Gasteiger partial charge in [-0.1, -0.05) is 31.2 Å². The molecule has 9 nitrogen and oxygen atoms in total. The maximum atomic E-state index is 12.8. The minimum absolute atomic E-state index is 0.0430. The van der Waals surface area contributed by atoms with Crippen molar-refractivity contribution in [3.8, 4) is 22.4 Å². The molecule has 0 saturated heterocycles.